The molecule has 12 nitrogen and oxygen atoms in total. The molecule has 1 aromatic carbocycles. The Kier molecular flexibility index (Phi) is 10.3. The van der Waals surface area contributed by atoms with Gasteiger partial charge < -0.3 is 35.5 Å². The van der Waals surface area contributed by atoms with E-state index < -0.39 is 40.1 Å². The number of amides is 3. The number of piperidine rings is 2. The van der Waals surface area contributed by atoms with Gasteiger partial charge in [0.05, 0.1) is 16.4 Å². The molecule has 3 amide bonds. The Hall–Kier alpha value is -3.84. The minimum Gasteiger partial charge on any atom is -0.459 e. The van der Waals surface area contributed by atoms with Crippen LogP contribution >= 0.6 is 11.3 Å². The van der Waals surface area contributed by atoms with Gasteiger partial charge >= 0.3 is 24.1 Å². The molecule has 274 valence electrons. The number of esters is 1. The number of cyclic esters (lactones) is 1. The lowest BCUT2D eigenvalue weighted by Gasteiger charge is -2.45. The lowest BCUT2D eigenvalue weighted by Crippen LogP contribution is -2.59. The number of likely N-dealkylation sites (tertiary alicyclic amines) is 2. The van der Waals surface area contributed by atoms with Crippen molar-refractivity contribution >= 4 is 40.4 Å². The Bertz CT molecular complexity index is 1590. The molecule has 3 aliphatic rings. The van der Waals surface area contributed by atoms with Crippen LogP contribution in [-0.4, -0.2) is 83.1 Å². The number of primary amides is 1. The summed E-state index contributed by atoms with van der Waals surface area (Å²) in [4.78, 5) is 58.0. The molecule has 3 aliphatic heterocycles. The molecule has 2 aromatic rings. The van der Waals surface area contributed by atoms with Gasteiger partial charge in [-0.25, -0.2) is 9.59 Å². The summed E-state index contributed by atoms with van der Waals surface area (Å²) >= 11 is 1.29. The van der Waals surface area contributed by atoms with Crippen LogP contribution in [0.2, 0.25) is 0 Å². The Morgan fingerprint density at radius 2 is 1.66 bits per heavy atom. The second-order valence-corrected chi connectivity index (χ2v) is 17.7. The van der Waals surface area contributed by atoms with E-state index in [0.717, 1.165) is 49.1 Å². The average Bonchev–Trinajstić information content (AvgIpc) is 3.51. The van der Waals surface area contributed by atoms with Crippen LogP contribution in [0.25, 0.3) is 10.4 Å². The smallest absolute Gasteiger partial charge is 0.412 e. The van der Waals surface area contributed by atoms with Crippen LogP contribution in [0, 0.1) is 10.8 Å². The first-order chi connectivity index (χ1) is 23.2. The van der Waals surface area contributed by atoms with Crippen LogP contribution in [0.15, 0.2) is 36.4 Å². The van der Waals surface area contributed by atoms with Gasteiger partial charge in [-0.3, -0.25) is 14.5 Å². The maximum Gasteiger partial charge on any atom is 0.412 e. The molecule has 2 atom stereocenters. The molecule has 4 N–H and O–H groups in total. The van der Waals surface area contributed by atoms with Gasteiger partial charge in [0, 0.05) is 42.5 Å². The number of alkyl carbamates (subject to hydrolysis) is 1. The van der Waals surface area contributed by atoms with Gasteiger partial charge in [0.2, 0.25) is 0 Å². The highest BCUT2D eigenvalue weighted by Gasteiger charge is 2.55. The molecule has 5 rings (SSSR count). The number of hydrogen-bond acceptors (Lipinski definition) is 10. The number of thiophene rings is 1. The number of nitrogens with zero attached hydrogens (tertiary/aromatic N) is 2. The molecule has 2 unspecified atom stereocenters. The molecular weight excluding hydrogens is 659 g/mol. The van der Waals surface area contributed by atoms with E-state index in [1.165, 1.54) is 11.3 Å². The third-order valence-corrected chi connectivity index (χ3v) is 10.8. The molecule has 13 heteroatoms. The molecular formula is C37H53N5O7S. The second kappa shape index (κ2) is 13.7. The molecule has 1 aromatic heterocycles. The second-order valence-electron chi connectivity index (χ2n) is 16.6. The highest BCUT2D eigenvalue weighted by atomic mass is 32.1. The first-order valence-corrected chi connectivity index (χ1v) is 18.3. The molecule has 0 saturated carbocycles. The summed E-state index contributed by atoms with van der Waals surface area (Å²) in [6, 6.07) is 11.7. The van der Waals surface area contributed by atoms with Gasteiger partial charge in [-0.1, -0.05) is 51.1 Å². The van der Waals surface area contributed by atoms with Crippen molar-refractivity contribution in [2.24, 2.45) is 16.6 Å². The van der Waals surface area contributed by atoms with Crippen molar-refractivity contribution in [3.63, 3.8) is 0 Å². The molecule has 50 heavy (non-hydrogen) atoms. The monoisotopic (exact) mass is 711 g/mol. The molecule has 0 bridgehead atoms. The Morgan fingerprint density at radius 1 is 1.00 bits per heavy atom. The van der Waals surface area contributed by atoms with Crippen LogP contribution in [0.4, 0.5) is 14.6 Å². The number of benzene rings is 1. The molecule has 1 spiro atoms. The fraction of sp³-hybridized carbons (Fsp3) is 0.622. The highest BCUT2D eigenvalue weighted by Crippen LogP contribution is 2.47. The summed E-state index contributed by atoms with van der Waals surface area (Å²) in [5.74, 6) is -2.35. The van der Waals surface area contributed by atoms with E-state index in [1.54, 1.807) is 41.5 Å². The minimum atomic E-state index is -2.07. The van der Waals surface area contributed by atoms with E-state index in [-0.39, 0.29) is 17.9 Å². The SMILES string of the molecule is CC(C)(C)NC(=O)OC(Nc1sc(-c2ccccc2)cc1C(=O)N1CCC(N2CCCC3(C2)CC(C)(C)OC3=O)CC1)(OC(N)=O)C(C)(C)C. The molecule has 3 fully saturated rings. The third kappa shape index (κ3) is 8.20. The Labute approximate surface area is 299 Å². The zero-order chi connectivity index (χ0) is 36.7. The van der Waals surface area contributed by atoms with Crippen LogP contribution in [0.3, 0.4) is 0 Å². The normalized spacial score (nSPS) is 22.8. The first-order valence-electron chi connectivity index (χ1n) is 17.5. The van der Waals surface area contributed by atoms with E-state index in [9.17, 15) is 19.2 Å². The molecule has 4 heterocycles. The number of hydrogen-bond donors (Lipinski definition) is 3. The van der Waals surface area contributed by atoms with E-state index in [1.807, 2.05) is 55.1 Å². The van der Waals surface area contributed by atoms with Gasteiger partial charge in [0.1, 0.15) is 10.6 Å². The number of carbonyl (C=O) groups excluding carboxylic acids is 4. The summed E-state index contributed by atoms with van der Waals surface area (Å²) in [6.45, 7) is 17.3. The van der Waals surface area contributed by atoms with Gasteiger partial charge in [0.25, 0.3) is 5.91 Å². The fourth-order valence-electron chi connectivity index (χ4n) is 7.38. The van der Waals surface area contributed by atoms with E-state index >= 15 is 0 Å². The number of anilines is 1. The van der Waals surface area contributed by atoms with Crippen molar-refractivity contribution in [3.05, 3.63) is 42.0 Å². The maximum atomic E-state index is 14.4. The summed E-state index contributed by atoms with van der Waals surface area (Å²) in [5, 5.41) is 6.29. The van der Waals surface area contributed by atoms with Gasteiger partial charge in [0.15, 0.2) is 0 Å². The number of ether oxygens (including phenoxy) is 3. The van der Waals surface area contributed by atoms with Crippen molar-refractivity contribution in [2.75, 3.05) is 31.5 Å². The fourth-order valence-corrected chi connectivity index (χ4v) is 8.48. The quantitative estimate of drug-likeness (QED) is 0.214. The topological polar surface area (TPSA) is 153 Å². The number of nitrogens with two attached hydrogens (primary N) is 1. The van der Waals surface area contributed by atoms with Crippen LogP contribution in [0.1, 0.15) is 97.9 Å². The first kappa shape index (κ1) is 37.4. The van der Waals surface area contributed by atoms with E-state index in [0.29, 0.717) is 30.2 Å². The number of carbonyl (C=O) groups is 4. The van der Waals surface area contributed by atoms with Crippen LogP contribution in [-0.2, 0) is 19.0 Å². The van der Waals surface area contributed by atoms with Gasteiger partial charge in [-0.05, 0) is 78.5 Å². The van der Waals surface area contributed by atoms with Crippen molar-refractivity contribution in [3.8, 4) is 10.4 Å². The molecule has 3 saturated heterocycles. The third-order valence-electron chi connectivity index (χ3n) is 9.68. The minimum absolute atomic E-state index is 0.0852. The number of nitrogens with one attached hydrogen (secondary N) is 2. The zero-order valence-electron chi connectivity index (χ0n) is 30.6. The van der Waals surface area contributed by atoms with Gasteiger partial charge in [-0.2, -0.15) is 0 Å². The summed E-state index contributed by atoms with van der Waals surface area (Å²) < 4.78 is 17.3. The zero-order valence-corrected chi connectivity index (χ0v) is 31.5. The average molecular weight is 712 g/mol. The van der Waals surface area contributed by atoms with Crippen LogP contribution < -0.4 is 16.4 Å². The standard InChI is InChI=1S/C37H53N5O7S/c1-33(2,3)37(48-31(38)45,49-32(46)40-34(4,5)6)39-28-26(21-27(50-28)24-13-10-9-11-14-24)29(43)41-19-15-25(16-20-41)42-18-12-17-36(23-42)22-35(7,8)47-30(36)44/h9-11,13-14,21,25,39H,12,15-20,22-23H2,1-8H3,(H2,38,45)(H,40,46). The lowest BCUT2D eigenvalue weighted by atomic mass is 9.74. The van der Waals surface area contributed by atoms with Crippen molar-refractivity contribution < 1.29 is 33.4 Å². The largest absolute Gasteiger partial charge is 0.459 e. The van der Waals surface area contributed by atoms with Crippen molar-refractivity contribution in [1.29, 1.82) is 0 Å². The Morgan fingerprint density at radius 3 is 2.22 bits per heavy atom. The number of rotatable bonds is 7. The van der Waals surface area contributed by atoms with Crippen LogP contribution in [0.5, 0.6) is 0 Å². The predicted octanol–water partition coefficient (Wildman–Crippen LogP) is 6.56. The lowest BCUT2D eigenvalue weighted by molar-refractivity contribution is -0.201. The summed E-state index contributed by atoms with van der Waals surface area (Å²) in [5.41, 5.74) is 4.23. The van der Waals surface area contributed by atoms with E-state index in [2.05, 4.69) is 15.5 Å². The van der Waals surface area contributed by atoms with Gasteiger partial charge in [-0.15, -0.1) is 11.3 Å². The van der Waals surface area contributed by atoms with Crippen molar-refractivity contribution in [2.45, 2.75) is 111 Å². The summed E-state index contributed by atoms with van der Waals surface area (Å²) in [7, 11) is 0. The predicted molar refractivity (Wildman–Crippen MR) is 193 cm³/mol. The molecule has 0 aliphatic carbocycles. The Balaban J connectivity index is 1.41. The summed E-state index contributed by atoms with van der Waals surface area (Å²) in [6.07, 6.45) is 2.07. The van der Waals surface area contributed by atoms with E-state index in [4.69, 9.17) is 19.9 Å². The maximum absolute atomic E-state index is 14.4. The highest BCUT2D eigenvalue weighted by molar-refractivity contribution is 7.19. The van der Waals surface area contributed by atoms with Crippen molar-refractivity contribution in [1.82, 2.24) is 15.1 Å². The molecule has 0 radical (unpaired) electrons.